The van der Waals surface area contributed by atoms with Gasteiger partial charge < -0.3 is 0 Å². The zero-order chi connectivity index (χ0) is 9.42. The average molecular weight is 178 g/mol. The Labute approximate surface area is 80.2 Å². The maximum Gasteiger partial charge on any atom is 0.145 e. The fourth-order valence-corrected chi connectivity index (χ4v) is 3.11. The van der Waals surface area contributed by atoms with Gasteiger partial charge >= 0.3 is 0 Å². The van der Waals surface area contributed by atoms with Crippen molar-refractivity contribution in [3.63, 3.8) is 0 Å². The maximum atomic E-state index is 10.9. The van der Waals surface area contributed by atoms with Gasteiger partial charge in [0.25, 0.3) is 0 Å². The largest absolute Gasteiger partial charge is 0.298 e. The Morgan fingerprint density at radius 3 is 2.69 bits per heavy atom. The van der Waals surface area contributed by atoms with Gasteiger partial charge in [0.1, 0.15) is 6.29 Å². The third-order valence-corrected chi connectivity index (χ3v) is 3.91. The molecule has 0 amide bonds. The first-order valence-electron chi connectivity index (χ1n) is 5.42. The van der Waals surface area contributed by atoms with Crippen molar-refractivity contribution >= 4 is 6.29 Å². The number of allylic oxidation sites excluding steroid dienone is 2. The molecule has 2 aliphatic rings. The van der Waals surface area contributed by atoms with Crippen LogP contribution in [0.2, 0.25) is 0 Å². The van der Waals surface area contributed by atoms with Crippen LogP contribution >= 0.6 is 0 Å². The van der Waals surface area contributed by atoms with Gasteiger partial charge in [-0.15, -0.1) is 0 Å². The smallest absolute Gasteiger partial charge is 0.145 e. The Morgan fingerprint density at radius 2 is 2.00 bits per heavy atom. The van der Waals surface area contributed by atoms with Gasteiger partial charge in [-0.1, -0.05) is 19.4 Å². The van der Waals surface area contributed by atoms with E-state index in [2.05, 4.69) is 13.8 Å². The predicted octanol–water partition coefficient (Wildman–Crippen LogP) is 2.96. The van der Waals surface area contributed by atoms with E-state index in [9.17, 15) is 4.79 Å². The summed E-state index contributed by atoms with van der Waals surface area (Å²) >= 11 is 0. The molecule has 0 saturated heterocycles. The molecule has 0 aliphatic heterocycles. The van der Waals surface area contributed by atoms with Crippen molar-refractivity contribution in [3.05, 3.63) is 11.1 Å². The molecule has 0 aromatic rings. The fraction of sp³-hybridized carbons (Fsp3) is 0.750. The highest BCUT2D eigenvalue weighted by molar-refractivity contribution is 5.75. The Bertz CT molecular complexity index is 252. The average Bonchev–Trinajstić information content (AvgIpc) is 2.51. The summed E-state index contributed by atoms with van der Waals surface area (Å²) in [4.78, 5) is 10.9. The predicted molar refractivity (Wildman–Crippen MR) is 53.4 cm³/mol. The van der Waals surface area contributed by atoms with Gasteiger partial charge in [-0.05, 0) is 49.0 Å². The molecule has 2 aliphatic carbocycles. The number of hydrogen-bond donors (Lipinski definition) is 0. The molecule has 0 aromatic carbocycles. The number of hydrogen-bond acceptors (Lipinski definition) is 1. The van der Waals surface area contributed by atoms with Crippen LogP contribution in [0.3, 0.4) is 0 Å². The molecular formula is C12H18O. The maximum absolute atomic E-state index is 10.9. The quantitative estimate of drug-likeness (QED) is 0.564. The van der Waals surface area contributed by atoms with Crippen LogP contribution in [-0.4, -0.2) is 6.29 Å². The van der Waals surface area contributed by atoms with Gasteiger partial charge in [-0.3, -0.25) is 4.79 Å². The van der Waals surface area contributed by atoms with E-state index in [1.807, 2.05) is 0 Å². The normalized spacial score (nSPS) is 39.1. The molecule has 0 N–H and O–H groups in total. The summed E-state index contributed by atoms with van der Waals surface area (Å²) in [7, 11) is 0. The number of carbonyl (C=O) groups is 1. The summed E-state index contributed by atoms with van der Waals surface area (Å²) in [5, 5.41) is 0. The zero-order valence-electron chi connectivity index (χ0n) is 8.55. The minimum Gasteiger partial charge on any atom is -0.298 e. The fourth-order valence-electron chi connectivity index (χ4n) is 3.11. The Kier molecular flexibility index (Phi) is 2.27. The molecule has 0 spiro atoms. The third-order valence-electron chi connectivity index (χ3n) is 3.91. The van der Waals surface area contributed by atoms with Gasteiger partial charge in [-0.2, -0.15) is 0 Å². The molecule has 2 rings (SSSR count). The molecule has 1 saturated carbocycles. The second-order valence-electron chi connectivity index (χ2n) is 4.70. The molecule has 13 heavy (non-hydrogen) atoms. The van der Waals surface area contributed by atoms with Crippen molar-refractivity contribution in [1.82, 2.24) is 0 Å². The molecule has 72 valence electrons. The molecular weight excluding hydrogens is 160 g/mol. The minimum absolute atomic E-state index is 0.674. The van der Waals surface area contributed by atoms with Gasteiger partial charge in [0.05, 0.1) is 0 Å². The van der Waals surface area contributed by atoms with Gasteiger partial charge in [-0.25, -0.2) is 0 Å². The second-order valence-corrected chi connectivity index (χ2v) is 4.70. The van der Waals surface area contributed by atoms with E-state index in [4.69, 9.17) is 0 Å². The highest BCUT2D eigenvalue weighted by Gasteiger charge is 2.35. The summed E-state index contributed by atoms with van der Waals surface area (Å²) in [5.41, 5.74) is 2.64. The van der Waals surface area contributed by atoms with Crippen LogP contribution in [0, 0.1) is 17.8 Å². The van der Waals surface area contributed by atoms with Gasteiger partial charge in [0.2, 0.25) is 0 Å². The molecule has 0 heterocycles. The van der Waals surface area contributed by atoms with Crippen LogP contribution < -0.4 is 0 Å². The lowest BCUT2D eigenvalue weighted by atomic mass is 9.76. The van der Waals surface area contributed by atoms with Crippen molar-refractivity contribution in [2.75, 3.05) is 0 Å². The van der Waals surface area contributed by atoms with Crippen LogP contribution in [0.4, 0.5) is 0 Å². The first-order chi connectivity index (χ1) is 6.24. The van der Waals surface area contributed by atoms with Crippen LogP contribution in [0.1, 0.15) is 39.5 Å². The lowest BCUT2D eigenvalue weighted by Crippen LogP contribution is -2.19. The third kappa shape index (κ3) is 1.34. The van der Waals surface area contributed by atoms with Crippen molar-refractivity contribution < 1.29 is 4.79 Å². The number of carbonyl (C=O) groups excluding carboxylic acids is 1. The lowest BCUT2D eigenvalue weighted by molar-refractivity contribution is -0.105. The van der Waals surface area contributed by atoms with E-state index in [1.165, 1.54) is 24.8 Å². The molecule has 3 atom stereocenters. The number of aldehydes is 1. The van der Waals surface area contributed by atoms with Crippen LogP contribution in [0.5, 0.6) is 0 Å². The van der Waals surface area contributed by atoms with Gasteiger partial charge in [0.15, 0.2) is 0 Å². The SMILES string of the molecule is C[C@@H]1CC[C@@H]2C1=C(C=O)CC[C@H]2C. The summed E-state index contributed by atoms with van der Waals surface area (Å²) in [6, 6.07) is 0. The Hall–Kier alpha value is -0.590. The van der Waals surface area contributed by atoms with E-state index < -0.39 is 0 Å². The zero-order valence-corrected chi connectivity index (χ0v) is 8.55. The van der Waals surface area contributed by atoms with Crippen molar-refractivity contribution in [3.8, 4) is 0 Å². The highest BCUT2D eigenvalue weighted by Crippen LogP contribution is 2.47. The molecule has 0 unspecified atom stereocenters. The highest BCUT2D eigenvalue weighted by atomic mass is 16.1. The first-order valence-corrected chi connectivity index (χ1v) is 5.42. The molecule has 0 aromatic heterocycles. The van der Waals surface area contributed by atoms with Crippen molar-refractivity contribution in [1.29, 1.82) is 0 Å². The van der Waals surface area contributed by atoms with Gasteiger partial charge in [0, 0.05) is 0 Å². The summed E-state index contributed by atoms with van der Waals surface area (Å²) in [6.07, 6.45) is 5.96. The Morgan fingerprint density at radius 1 is 1.23 bits per heavy atom. The molecule has 1 fully saturated rings. The van der Waals surface area contributed by atoms with Crippen LogP contribution in [-0.2, 0) is 4.79 Å². The topological polar surface area (TPSA) is 17.1 Å². The summed E-state index contributed by atoms with van der Waals surface area (Å²) in [5.74, 6) is 2.22. The number of fused-ring (bicyclic) bond motifs is 1. The number of rotatable bonds is 1. The molecule has 1 nitrogen and oxygen atoms in total. The second kappa shape index (κ2) is 3.28. The van der Waals surface area contributed by atoms with E-state index in [-0.39, 0.29) is 0 Å². The minimum atomic E-state index is 0.674. The van der Waals surface area contributed by atoms with E-state index in [1.54, 1.807) is 0 Å². The molecule has 0 bridgehead atoms. The monoisotopic (exact) mass is 178 g/mol. The summed E-state index contributed by atoms with van der Waals surface area (Å²) < 4.78 is 0. The van der Waals surface area contributed by atoms with Crippen LogP contribution in [0.15, 0.2) is 11.1 Å². The molecule has 0 radical (unpaired) electrons. The summed E-state index contributed by atoms with van der Waals surface area (Å²) in [6.45, 7) is 4.61. The van der Waals surface area contributed by atoms with E-state index >= 15 is 0 Å². The van der Waals surface area contributed by atoms with E-state index in [0.717, 1.165) is 30.1 Å². The van der Waals surface area contributed by atoms with Crippen molar-refractivity contribution in [2.45, 2.75) is 39.5 Å². The molecule has 1 heteroatoms. The van der Waals surface area contributed by atoms with E-state index in [0.29, 0.717) is 5.92 Å². The lowest BCUT2D eigenvalue weighted by Gasteiger charge is -2.28. The standard InChI is InChI=1S/C12H18O/c1-8-3-5-10(7-13)12-9(2)4-6-11(8)12/h7-9,11H,3-6H2,1-2H3/t8-,9-,11+/m1/s1. The van der Waals surface area contributed by atoms with Crippen molar-refractivity contribution in [2.24, 2.45) is 17.8 Å². The van der Waals surface area contributed by atoms with Crippen LogP contribution in [0.25, 0.3) is 0 Å². The first kappa shape index (κ1) is 8.98. The Balaban J connectivity index is 2.37.